The summed E-state index contributed by atoms with van der Waals surface area (Å²) in [6.45, 7) is 5.83. The maximum atomic E-state index is 13.1. The number of phenols is 2. The van der Waals surface area contributed by atoms with E-state index in [1.807, 2.05) is 97.9 Å². The fraction of sp³-hybridized carbons (Fsp3) is 0.139. The van der Waals surface area contributed by atoms with Crippen molar-refractivity contribution in [2.24, 2.45) is 0 Å². The largest absolute Gasteiger partial charge is 0.504 e. The van der Waals surface area contributed by atoms with Crippen LogP contribution >= 0.6 is 0 Å². The van der Waals surface area contributed by atoms with Crippen molar-refractivity contribution in [1.29, 1.82) is 0 Å². The Labute approximate surface area is 559 Å². The molecule has 0 atom stereocenters. The van der Waals surface area contributed by atoms with Gasteiger partial charge in [-0.05, 0) is 97.9 Å². The smallest absolute Gasteiger partial charge is 0.348 e. The number of pyridine rings is 4. The maximum Gasteiger partial charge on any atom is 0.348 e. The fourth-order valence-electron chi connectivity index (χ4n) is 8.07. The van der Waals surface area contributed by atoms with Crippen LogP contribution in [0.1, 0.15) is 87.4 Å². The Hall–Kier alpha value is -13.1. The van der Waals surface area contributed by atoms with Crippen molar-refractivity contribution >= 4 is 80.4 Å². The number of nitrogen functional groups attached to an aromatic ring is 2. The zero-order chi connectivity index (χ0) is 67.4. The highest BCUT2D eigenvalue weighted by Gasteiger charge is 2.14. The van der Waals surface area contributed by atoms with Crippen molar-refractivity contribution in [2.75, 3.05) is 25.7 Å². The normalized spacial score (nSPS) is 9.67. The number of nitrogens with two attached hydrogens (primary N) is 2. The average molecular weight is 1320 g/mol. The van der Waals surface area contributed by atoms with E-state index in [2.05, 4.69) is 39.6 Å². The minimum atomic E-state index is -1.05. The van der Waals surface area contributed by atoms with E-state index in [0.29, 0.717) is 79.3 Å². The molecule has 0 spiro atoms. The number of aryl methyl sites for hydroxylation is 2. The highest BCUT2D eigenvalue weighted by Crippen LogP contribution is 2.31. The number of para-hydroxylation sites is 5. The second kappa shape index (κ2) is 40.0. The Balaban J connectivity index is 0.000000406. The molecule has 0 saturated carbocycles. The number of aromatic nitrogens is 9. The molecule has 25 heteroatoms. The van der Waals surface area contributed by atoms with Crippen LogP contribution in [-0.2, 0) is 14.3 Å². The molecule has 5 aromatic carbocycles. The van der Waals surface area contributed by atoms with Gasteiger partial charge in [0, 0.05) is 87.3 Å². The molecule has 0 aliphatic heterocycles. The molecule has 97 heavy (non-hydrogen) atoms. The van der Waals surface area contributed by atoms with Crippen molar-refractivity contribution in [2.45, 2.75) is 57.4 Å². The minimum absolute atomic E-state index is 0. The standard InChI is InChI=1S/C22H17N3O3.C14H11N3O.C8H6N2O2.C8H8O3.C6H6N2O2.C6H7N.C4H6O3.4CH4/c1-28-19-9-5-6-15(21(19)26)10-11-20-24-18-12-13-23-14-17(18)22(27)25(20)16-7-3-2-4-8-16;1-10-16-13-7-8-15-9-12(13)14(18)17(10)11-5-3-2-4-6-11;1-5-10-7-2-3-9-4-6(7)8(11)12-5;1-11-7-4-2-3-6(5-9)8(7)10;7-5-1-2-8-3-4(5)6(9)10;7-6-4-2-1-3-5-6;1-3(5)7-4(2)6;;;;/h2-14,26H,1H3;2-9H,1H3;2-4H,1H3;2-5,10H,1H3;1-3H,(H2,7,8)(H,9,10);1-5H,7H2;1-2H3;4*1H4/b11-10+;;;;;;;;;;. The van der Waals surface area contributed by atoms with Gasteiger partial charge in [-0.15, -0.1) is 0 Å². The molecule has 0 bridgehead atoms. The second-order valence-corrected chi connectivity index (χ2v) is 18.8. The zero-order valence-corrected chi connectivity index (χ0v) is 50.8. The number of carbonyl (C=O) groups excluding carboxylic acids is 3. The maximum absolute atomic E-state index is 13.1. The van der Waals surface area contributed by atoms with Gasteiger partial charge in [0.05, 0.1) is 58.5 Å². The summed E-state index contributed by atoms with van der Waals surface area (Å²) in [7, 11) is 2.93. The number of carbonyl (C=O) groups is 4. The van der Waals surface area contributed by atoms with Gasteiger partial charge in [0.1, 0.15) is 22.6 Å². The van der Waals surface area contributed by atoms with E-state index in [4.69, 9.17) is 30.5 Å². The highest BCUT2D eigenvalue weighted by molar-refractivity contribution is 5.93. The first kappa shape index (κ1) is 80.0. The summed E-state index contributed by atoms with van der Waals surface area (Å²) in [4.78, 5) is 105. The summed E-state index contributed by atoms with van der Waals surface area (Å²) in [5, 5.41) is 29.4. The van der Waals surface area contributed by atoms with Crippen molar-refractivity contribution in [3.8, 4) is 34.4 Å². The van der Waals surface area contributed by atoms with E-state index >= 15 is 0 Å². The number of carboxylic acids is 1. The molecule has 0 fully saturated rings. The predicted octanol–water partition coefficient (Wildman–Crippen LogP) is 12.1. The molecule has 25 nitrogen and oxygen atoms in total. The number of hydrogen-bond donors (Lipinski definition) is 5. The van der Waals surface area contributed by atoms with Gasteiger partial charge in [0.15, 0.2) is 35.2 Å². The van der Waals surface area contributed by atoms with E-state index in [9.17, 15) is 43.8 Å². The number of nitrogens with zero attached hydrogens (tertiary/aromatic N) is 9. The number of esters is 2. The first-order valence-electron chi connectivity index (χ1n) is 27.6. The summed E-state index contributed by atoms with van der Waals surface area (Å²) in [5.41, 5.74) is 15.3. The average Bonchev–Trinajstić information content (AvgIpc) is 0.789. The van der Waals surface area contributed by atoms with Gasteiger partial charge in [-0.1, -0.05) is 103 Å². The number of rotatable bonds is 8. The summed E-state index contributed by atoms with van der Waals surface area (Å²) >= 11 is 0. The van der Waals surface area contributed by atoms with Crippen LogP contribution in [0.4, 0.5) is 11.4 Å². The van der Waals surface area contributed by atoms with Crippen LogP contribution in [0.5, 0.6) is 23.0 Å². The molecule has 7 aromatic heterocycles. The van der Waals surface area contributed by atoms with Gasteiger partial charge in [0.25, 0.3) is 11.1 Å². The van der Waals surface area contributed by atoms with E-state index in [-0.39, 0.29) is 74.8 Å². The van der Waals surface area contributed by atoms with Crippen molar-refractivity contribution in [3.63, 3.8) is 0 Å². The molecule has 7 N–H and O–H groups in total. The fourth-order valence-corrected chi connectivity index (χ4v) is 8.07. The molecule has 7 heterocycles. The number of phenolic OH excluding ortho intramolecular Hbond substituents is 2. The number of hydrogen-bond acceptors (Lipinski definition) is 22. The Bertz CT molecular complexity index is 4730. The summed E-state index contributed by atoms with van der Waals surface area (Å²) in [6.07, 6.45) is 16.0. The van der Waals surface area contributed by atoms with E-state index in [1.54, 1.807) is 97.0 Å². The topological polar surface area (TPSA) is 373 Å². The summed E-state index contributed by atoms with van der Waals surface area (Å²) in [6, 6.07) is 44.8. The third kappa shape index (κ3) is 22.9. The molecule has 0 aliphatic rings. The van der Waals surface area contributed by atoms with Gasteiger partial charge < -0.3 is 45.4 Å². The molecular weight excluding hydrogens is 1240 g/mol. The lowest BCUT2D eigenvalue weighted by molar-refractivity contribution is -0.156. The van der Waals surface area contributed by atoms with Crippen molar-refractivity contribution in [3.05, 3.63) is 267 Å². The molecule has 12 rings (SSSR count). The second-order valence-electron chi connectivity index (χ2n) is 18.8. The van der Waals surface area contributed by atoms with Crippen LogP contribution in [0, 0.1) is 13.8 Å². The Morgan fingerprint density at radius 2 is 0.948 bits per heavy atom. The zero-order valence-electron chi connectivity index (χ0n) is 50.8. The Morgan fingerprint density at radius 3 is 1.39 bits per heavy atom. The van der Waals surface area contributed by atoms with Crippen LogP contribution < -0.4 is 37.7 Å². The van der Waals surface area contributed by atoms with Gasteiger partial charge in [0.2, 0.25) is 0 Å². The first-order chi connectivity index (χ1) is 44.8. The molecule has 12 aromatic rings. The van der Waals surface area contributed by atoms with Crippen LogP contribution in [0.25, 0.3) is 56.2 Å². The minimum Gasteiger partial charge on any atom is -0.504 e. The van der Waals surface area contributed by atoms with Crippen molar-refractivity contribution < 1.29 is 53.1 Å². The van der Waals surface area contributed by atoms with Gasteiger partial charge in [-0.2, -0.15) is 0 Å². The number of benzene rings is 5. The van der Waals surface area contributed by atoms with Crippen LogP contribution in [0.15, 0.2) is 220 Å². The third-order valence-electron chi connectivity index (χ3n) is 12.3. The monoisotopic (exact) mass is 1320 g/mol. The Morgan fingerprint density at radius 1 is 0.515 bits per heavy atom. The SMILES string of the molecule is C.C.C.C.CC(=O)OC(C)=O.COc1cccc(/C=C/c2nc3ccncc3c(=O)n2-c2ccccc2)c1O.COc1cccc(C=O)c1O.Cc1nc2ccncc2c(=O)n1-c1ccccc1.Cc1nc2ccncc2c(=O)o1.Nc1ccccc1.Nc1ccncc1C(=O)O. The molecule has 0 saturated heterocycles. The van der Waals surface area contributed by atoms with Gasteiger partial charge >= 0.3 is 23.5 Å². The molecule has 504 valence electrons. The van der Waals surface area contributed by atoms with E-state index in [0.717, 1.165) is 11.4 Å². The molecule has 0 amide bonds. The van der Waals surface area contributed by atoms with Crippen LogP contribution in [0.3, 0.4) is 0 Å². The molecular formula is C72H77N11O14. The predicted molar refractivity (Wildman–Crippen MR) is 377 cm³/mol. The number of fused-ring (bicyclic) bond motifs is 3. The first-order valence-corrected chi connectivity index (χ1v) is 27.6. The number of aromatic hydroxyl groups is 2. The number of aromatic carboxylic acids is 1. The molecule has 0 aliphatic carbocycles. The lowest BCUT2D eigenvalue weighted by Gasteiger charge is -2.11. The lowest BCUT2D eigenvalue weighted by Crippen LogP contribution is -2.22. The number of carboxylic acid groups (broad SMARTS) is 1. The van der Waals surface area contributed by atoms with Gasteiger partial charge in [-0.25, -0.2) is 24.5 Å². The highest BCUT2D eigenvalue weighted by atomic mass is 16.6. The van der Waals surface area contributed by atoms with Crippen LogP contribution in [0.2, 0.25) is 0 Å². The summed E-state index contributed by atoms with van der Waals surface area (Å²) in [5.74, 6) is -0.0779. The van der Waals surface area contributed by atoms with E-state index < -0.39 is 17.9 Å². The number of anilines is 2. The third-order valence-corrected chi connectivity index (χ3v) is 12.3. The number of methoxy groups -OCH3 is 2. The molecule has 0 unspecified atom stereocenters. The quantitative estimate of drug-likeness (QED) is 0.0408. The van der Waals surface area contributed by atoms with E-state index in [1.165, 1.54) is 69.6 Å². The van der Waals surface area contributed by atoms with Gasteiger partial charge in [-0.3, -0.25) is 53.0 Å². The van der Waals surface area contributed by atoms with Crippen LogP contribution in [-0.4, -0.2) is 97.8 Å². The number of ether oxygens (including phenoxy) is 3. The lowest BCUT2D eigenvalue weighted by atomic mass is 10.1. The van der Waals surface area contributed by atoms with Crippen molar-refractivity contribution in [1.82, 2.24) is 44.0 Å². The molecule has 0 radical (unpaired) electrons. The number of aldehydes is 1. The summed E-state index contributed by atoms with van der Waals surface area (Å²) < 4.78 is 21.8. The Kier molecular flexibility index (Phi) is 33.0.